The summed E-state index contributed by atoms with van der Waals surface area (Å²) >= 11 is 0. The van der Waals surface area contributed by atoms with Gasteiger partial charge in [0.15, 0.2) is 5.78 Å². The largest absolute Gasteiger partial charge is 0.373 e. The summed E-state index contributed by atoms with van der Waals surface area (Å²) in [6.45, 7) is 6.34. The van der Waals surface area contributed by atoms with Crippen molar-refractivity contribution in [3.63, 3.8) is 0 Å². The van der Waals surface area contributed by atoms with Crippen LogP contribution < -0.4 is 0 Å². The van der Waals surface area contributed by atoms with Gasteiger partial charge in [0.25, 0.3) is 0 Å². The Morgan fingerprint density at radius 3 is 2.95 bits per heavy atom. The Balaban J connectivity index is 1.95. The third-order valence-electron chi connectivity index (χ3n) is 4.41. The van der Waals surface area contributed by atoms with Gasteiger partial charge in [-0.3, -0.25) is 4.79 Å². The summed E-state index contributed by atoms with van der Waals surface area (Å²) in [5.74, 6) is -1.20. The first-order valence-corrected chi connectivity index (χ1v) is 6.94. The quantitative estimate of drug-likeness (QED) is 0.584. The average molecular weight is 280 g/mol. The zero-order valence-corrected chi connectivity index (χ0v) is 12.4. The Morgan fingerprint density at radius 1 is 1.70 bits per heavy atom. The fraction of sp³-hybridized carbons (Fsp3) is 0.688. The molecule has 2 aliphatic heterocycles. The molecule has 1 spiro atoms. The molecule has 2 saturated heterocycles. The molecule has 2 fully saturated rings. The number of hydrogen-bond acceptors (Lipinski definition) is 4. The molecule has 0 unspecified atom stereocenters. The maximum Gasteiger partial charge on any atom is 0.184 e. The molecule has 0 bridgehead atoms. The van der Waals surface area contributed by atoms with Crippen LogP contribution in [0.3, 0.4) is 0 Å². The van der Waals surface area contributed by atoms with E-state index in [2.05, 4.69) is 6.08 Å². The first-order chi connectivity index (χ1) is 10.2. The van der Waals surface area contributed by atoms with Crippen molar-refractivity contribution in [3.05, 3.63) is 23.8 Å². The van der Waals surface area contributed by atoms with Crippen LogP contribution >= 0.6 is 0 Å². The maximum absolute atomic E-state index is 12.4. The highest BCUT2D eigenvalue weighted by molar-refractivity contribution is 5.95. The van der Waals surface area contributed by atoms with Crippen LogP contribution in [-0.4, -0.2) is 42.9 Å². The Bertz CT molecular complexity index is 577. The van der Waals surface area contributed by atoms with Crippen LogP contribution in [0.25, 0.3) is 0 Å². The number of ketones is 1. The van der Waals surface area contributed by atoms with E-state index in [4.69, 9.17) is 17.0 Å². The highest BCUT2D eigenvalue weighted by Crippen LogP contribution is 2.57. The van der Waals surface area contributed by atoms with Gasteiger partial charge in [-0.15, -0.1) is 0 Å². The van der Waals surface area contributed by atoms with Crippen molar-refractivity contribution in [3.8, 4) is 0 Å². The molecule has 5 atom stereocenters. The summed E-state index contributed by atoms with van der Waals surface area (Å²) < 4.78 is 33.1. The highest BCUT2D eigenvalue weighted by Gasteiger charge is 2.70. The monoisotopic (exact) mass is 280 g/mol. The SMILES string of the molecule is [2H]C1=C[C@]2(CO2)[C@@H]([C@]2(C)O[C@@H]2CC=C(C)C)[C@]([2H])(OC)C1=O. The topological polar surface area (TPSA) is 51.4 Å². The molecular formula is C16H22O4. The van der Waals surface area contributed by atoms with Crippen LogP contribution in [0, 0.1) is 5.92 Å². The molecule has 0 N–H and O–H groups in total. The van der Waals surface area contributed by atoms with Crippen molar-refractivity contribution in [2.24, 2.45) is 5.92 Å². The minimum Gasteiger partial charge on any atom is -0.373 e. The molecule has 20 heavy (non-hydrogen) atoms. The molecule has 0 radical (unpaired) electrons. The first-order valence-electron chi connectivity index (χ1n) is 7.94. The number of methoxy groups -OCH3 is 1. The zero-order chi connectivity index (χ0) is 16.3. The lowest BCUT2D eigenvalue weighted by Crippen LogP contribution is -2.50. The van der Waals surface area contributed by atoms with Gasteiger partial charge in [0.1, 0.15) is 17.3 Å². The summed E-state index contributed by atoms with van der Waals surface area (Å²) in [6.07, 6.45) is 2.44. The molecule has 0 amide bonds. The maximum atomic E-state index is 12.4. The van der Waals surface area contributed by atoms with Gasteiger partial charge in [0.2, 0.25) is 0 Å². The van der Waals surface area contributed by atoms with Crippen LogP contribution in [0.1, 0.15) is 29.9 Å². The third-order valence-corrected chi connectivity index (χ3v) is 4.41. The minimum absolute atomic E-state index is 0.0677. The molecule has 3 aliphatic rings. The fourth-order valence-corrected chi connectivity index (χ4v) is 3.14. The Kier molecular flexibility index (Phi) is 2.63. The molecule has 110 valence electrons. The summed E-state index contributed by atoms with van der Waals surface area (Å²) in [5, 5.41) is 0. The summed E-state index contributed by atoms with van der Waals surface area (Å²) in [4.78, 5) is 12.4. The van der Waals surface area contributed by atoms with Crippen molar-refractivity contribution in [2.45, 2.75) is 50.6 Å². The van der Waals surface area contributed by atoms with E-state index in [0.29, 0.717) is 6.61 Å². The highest BCUT2D eigenvalue weighted by atomic mass is 16.6. The van der Waals surface area contributed by atoms with E-state index in [1.165, 1.54) is 18.8 Å². The fourth-order valence-electron chi connectivity index (χ4n) is 3.14. The second-order valence-electron chi connectivity index (χ2n) is 6.17. The third kappa shape index (κ3) is 2.07. The summed E-state index contributed by atoms with van der Waals surface area (Å²) in [6, 6.07) is -0.212. The van der Waals surface area contributed by atoms with E-state index in [1.807, 2.05) is 20.8 Å². The molecule has 3 rings (SSSR count). The summed E-state index contributed by atoms with van der Waals surface area (Å²) in [5.41, 5.74) is -0.239. The van der Waals surface area contributed by atoms with Crippen molar-refractivity contribution in [1.82, 2.24) is 0 Å². The molecule has 0 aromatic carbocycles. The van der Waals surface area contributed by atoms with E-state index < -0.39 is 29.0 Å². The molecule has 0 saturated carbocycles. The average Bonchev–Trinajstić information content (AvgIpc) is 3.34. The molecular weight excluding hydrogens is 256 g/mol. The van der Waals surface area contributed by atoms with Gasteiger partial charge < -0.3 is 14.2 Å². The molecule has 0 aromatic heterocycles. The van der Waals surface area contributed by atoms with E-state index in [9.17, 15) is 4.79 Å². The van der Waals surface area contributed by atoms with E-state index in [-0.39, 0.29) is 12.2 Å². The van der Waals surface area contributed by atoms with Crippen LogP contribution in [0.5, 0.6) is 0 Å². The number of ether oxygens (including phenoxy) is 3. The van der Waals surface area contributed by atoms with Gasteiger partial charge in [-0.2, -0.15) is 0 Å². The predicted octanol–water partition coefficient (Wildman–Crippen LogP) is 2.04. The lowest BCUT2D eigenvalue weighted by molar-refractivity contribution is -0.132. The summed E-state index contributed by atoms with van der Waals surface area (Å²) in [7, 11) is 1.34. The molecule has 1 aliphatic carbocycles. The molecule has 2 heterocycles. The van der Waals surface area contributed by atoms with Crippen LogP contribution in [-0.2, 0) is 19.0 Å². The number of hydrogen-bond donors (Lipinski definition) is 0. The van der Waals surface area contributed by atoms with Gasteiger partial charge in [-0.25, -0.2) is 0 Å². The number of carbonyl (C=O) groups is 1. The standard InChI is InChI=1S/C16H22O4/c1-10(2)5-6-12-15(3,20-12)14-13(18-4)11(17)7-8-16(14)9-19-16/h5,7-8,12-14H,6,9H2,1-4H3/t12-,13-,14-,15-,16+/m1/s1/i7D,13D. The second-order valence-corrected chi connectivity index (χ2v) is 6.17. The Morgan fingerprint density at radius 2 is 2.40 bits per heavy atom. The van der Waals surface area contributed by atoms with Gasteiger partial charge >= 0.3 is 0 Å². The van der Waals surface area contributed by atoms with Gasteiger partial charge in [0, 0.05) is 7.11 Å². The number of allylic oxidation sites excluding steroid dienone is 1. The minimum atomic E-state index is -1.84. The second kappa shape index (κ2) is 4.52. The van der Waals surface area contributed by atoms with Crippen LogP contribution in [0.4, 0.5) is 0 Å². The Hall–Kier alpha value is -0.970. The van der Waals surface area contributed by atoms with Crippen molar-refractivity contribution >= 4 is 5.78 Å². The van der Waals surface area contributed by atoms with E-state index >= 15 is 0 Å². The van der Waals surface area contributed by atoms with Gasteiger partial charge in [-0.05, 0) is 39.3 Å². The molecule has 4 heteroatoms. The van der Waals surface area contributed by atoms with Crippen LogP contribution in [0.2, 0.25) is 0 Å². The number of epoxide rings is 2. The van der Waals surface area contributed by atoms with E-state index in [1.54, 1.807) is 0 Å². The normalized spacial score (nSPS) is 51.2. The van der Waals surface area contributed by atoms with Crippen molar-refractivity contribution < 1.29 is 21.7 Å². The molecule has 4 nitrogen and oxygen atoms in total. The van der Waals surface area contributed by atoms with Crippen LogP contribution in [0.15, 0.2) is 23.8 Å². The lowest BCUT2D eigenvalue weighted by Gasteiger charge is -2.34. The van der Waals surface area contributed by atoms with Crippen molar-refractivity contribution in [1.29, 1.82) is 0 Å². The molecule has 0 aromatic rings. The van der Waals surface area contributed by atoms with Crippen molar-refractivity contribution in [2.75, 3.05) is 13.7 Å². The Labute approximate surface area is 122 Å². The van der Waals surface area contributed by atoms with E-state index in [0.717, 1.165) is 6.42 Å². The first kappa shape index (κ1) is 11.7. The number of carbonyl (C=O) groups excluding carboxylic acids is 1. The van der Waals surface area contributed by atoms with Gasteiger partial charge in [0.05, 0.1) is 21.4 Å². The zero-order valence-electron chi connectivity index (χ0n) is 14.4. The lowest BCUT2D eigenvalue weighted by atomic mass is 9.72. The van der Waals surface area contributed by atoms with Gasteiger partial charge in [-0.1, -0.05) is 11.6 Å². The number of rotatable bonds is 4. The smallest absolute Gasteiger partial charge is 0.184 e. The predicted molar refractivity (Wildman–Crippen MR) is 74.4 cm³/mol.